The number of nitrogens with one attached hydrogen (secondary N) is 3. The Morgan fingerprint density at radius 3 is 1.46 bits per heavy atom. The number of hydrogen-bond acceptors (Lipinski definition) is 7. The number of nitrogens with two attached hydrogens (primary N) is 1. The van der Waals surface area contributed by atoms with Crippen LogP contribution in [0.2, 0.25) is 0 Å². The number of carbonyl (C=O) groups is 3. The van der Waals surface area contributed by atoms with E-state index in [0.29, 0.717) is 19.6 Å². The molecule has 0 radical (unpaired) electrons. The summed E-state index contributed by atoms with van der Waals surface area (Å²) in [6.07, 6.45) is -1.56. The topological polar surface area (TPSA) is 174 Å². The van der Waals surface area contributed by atoms with Crippen molar-refractivity contribution in [1.82, 2.24) is 16.0 Å². The van der Waals surface area contributed by atoms with Crippen LogP contribution >= 0.6 is 0 Å². The summed E-state index contributed by atoms with van der Waals surface area (Å²) >= 11 is 0. The molecule has 0 saturated carbocycles. The van der Waals surface area contributed by atoms with Crippen LogP contribution in [0.3, 0.4) is 0 Å². The summed E-state index contributed by atoms with van der Waals surface area (Å²) in [5.41, 5.74) is 3.98. The Bertz CT molecular complexity index is 364. The van der Waals surface area contributed by atoms with Crippen LogP contribution in [0.4, 0.5) is 0 Å². The van der Waals surface area contributed by atoms with Crippen molar-refractivity contribution in [3.63, 3.8) is 0 Å². The molecule has 0 atom stereocenters. The summed E-state index contributed by atoms with van der Waals surface area (Å²) in [5, 5.41) is 36.1. The molecule has 0 spiro atoms. The first kappa shape index (κ1) is 22.2. The molecule has 0 aliphatic carbocycles. The molecular weight excluding hydrogens is 320 g/mol. The van der Waals surface area contributed by atoms with Gasteiger partial charge in [0.2, 0.25) is 0 Å². The maximum Gasteiger partial charge on any atom is 0.303 e. The minimum Gasteiger partial charge on any atom is -0.481 e. The van der Waals surface area contributed by atoms with Crippen molar-refractivity contribution < 1.29 is 29.7 Å². The SMILES string of the molecule is NCCNCCNCCNCC(CC(=O)O)(CC(=O)O)CC(=O)O. The van der Waals surface area contributed by atoms with E-state index in [1.54, 1.807) is 0 Å². The maximum atomic E-state index is 11.0. The first-order valence-corrected chi connectivity index (χ1v) is 7.79. The predicted molar refractivity (Wildman–Crippen MR) is 86.9 cm³/mol. The van der Waals surface area contributed by atoms with Crippen molar-refractivity contribution in [3.8, 4) is 0 Å². The first-order chi connectivity index (χ1) is 11.3. The smallest absolute Gasteiger partial charge is 0.303 e. The van der Waals surface area contributed by atoms with Gasteiger partial charge in [0.15, 0.2) is 0 Å². The van der Waals surface area contributed by atoms with E-state index in [1.807, 2.05) is 0 Å². The highest BCUT2D eigenvalue weighted by Crippen LogP contribution is 2.30. The lowest BCUT2D eigenvalue weighted by Gasteiger charge is -2.29. The molecule has 24 heavy (non-hydrogen) atoms. The van der Waals surface area contributed by atoms with Gasteiger partial charge in [-0.15, -0.1) is 0 Å². The van der Waals surface area contributed by atoms with Gasteiger partial charge in [0, 0.05) is 51.2 Å². The fraction of sp³-hybridized carbons (Fsp3) is 0.786. The van der Waals surface area contributed by atoms with Gasteiger partial charge in [-0.05, 0) is 0 Å². The van der Waals surface area contributed by atoms with Gasteiger partial charge in [-0.25, -0.2) is 0 Å². The molecule has 0 saturated heterocycles. The molecule has 0 heterocycles. The predicted octanol–water partition coefficient (Wildman–Crippen LogP) is -1.88. The van der Waals surface area contributed by atoms with Crippen LogP contribution in [-0.4, -0.2) is 79.0 Å². The first-order valence-electron chi connectivity index (χ1n) is 7.79. The van der Waals surface area contributed by atoms with Gasteiger partial charge in [-0.3, -0.25) is 14.4 Å². The molecule has 10 heteroatoms. The Labute approximate surface area is 140 Å². The molecule has 0 aliphatic rings. The van der Waals surface area contributed by atoms with Gasteiger partial charge in [0.25, 0.3) is 0 Å². The van der Waals surface area contributed by atoms with Gasteiger partial charge in [-0.1, -0.05) is 0 Å². The van der Waals surface area contributed by atoms with Gasteiger partial charge in [-0.2, -0.15) is 0 Å². The summed E-state index contributed by atoms with van der Waals surface area (Å²) in [6.45, 7) is 3.86. The van der Waals surface area contributed by atoms with E-state index in [9.17, 15) is 14.4 Å². The molecule has 0 aromatic rings. The molecule has 0 aliphatic heterocycles. The molecule has 0 aromatic carbocycles. The highest BCUT2D eigenvalue weighted by atomic mass is 16.4. The van der Waals surface area contributed by atoms with E-state index in [-0.39, 0.29) is 6.54 Å². The van der Waals surface area contributed by atoms with Crippen LogP contribution in [0.15, 0.2) is 0 Å². The Morgan fingerprint density at radius 1 is 0.708 bits per heavy atom. The van der Waals surface area contributed by atoms with E-state index in [2.05, 4.69) is 16.0 Å². The molecule has 0 fully saturated rings. The molecule has 8 N–H and O–H groups in total. The zero-order chi connectivity index (χ0) is 18.4. The summed E-state index contributed by atoms with van der Waals surface area (Å²) in [7, 11) is 0. The quantitative estimate of drug-likeness (QED) is 0.156. The van der Waals surface area contributed by atoms with Crippen LogP contribution in [0, 0.1) is 5.41 Å². The largest absolute Gasteiger partial charge is 0.481 e. The summed E-state index contributed by atoms with van der Waals surface area (Å²) in [5.74, 6) is -3.66. The van der Waals surface area contributed by atoms with Crippen molar-refractivity contribution in [2.75, 3.05) is 45.8 Å². The fourth-order valence-electron chi connectivity index (χ4n) is 2.40. The molecule has 10 nitrogen and oxygen atoms in total. The van der Waals surface area contributed by atoms with Gasteiger partial charge < -0.3 is 37.0 Å². The van der Waals surface area contributed by atoms with Crippen LogP contribution in [0.25, 0.3) is 0 Å². The highest BCUT2D eigenvalue weighted by Gasteiger charge is 2.37. The third-order valence-corrected chi connectivity index (χ3v) is 3.36. The van der Waals surface area contributed by atoms with E-state index >= 15 is 0 Å². The fourth-order valence-corrected chi connectivity index (χ4v) is 2.40. The number of hydrogen-bond donors (Lipinski definition) is 7. The molecule has 140 valence electrons. The summed E-state index contributed by atoms with van der Waals surface area (Å²) < 4.78 is 0. The highest BCUT2D eigenvalue weighted by molar-refractivity contribution is 5.75. The average Bonchev–Trinajstić information content (AvgIpc) is 2.43. The number of carboxylic acids is 3. The molecule has 0 bridgehead atoms. The second kappa shape index (κ2) is 12.6. The van der Waals surface area contributed by atoms with Crippen LogP contribution in [-0.2, 0) is 14.4 Å². The van der Waals surface area contributed by atoms with Crippen molar-refractivity contribution >= 4 is 17.9 Å². The number of rotatable bonds is 16. The monoisotopic (exact) mass is 348 g/mol. The third-order valence-electron chi connectivity index (χ3n) is 3.36. The minimum atomic E-state index is -1.35. The second-order valence-corrected chi connectivity index (χ2v) is 5.68. The Hall–Kier alpha value is -1.75. The zero-order valence-electron chi connectivity index (χ0n) is 13.7. The maximum absolute atomic E-state index is 11.0. The molecule has 0 amide bonds. The van der Waals surface area contributed by atoms with E-state index in [4.69, 9.17) is 21.1 Å². The van der Waals surface area contributed by atoms with Crippen molar-refractivity contribution in [1.29, 1.82) is 0 Å². The van der Waals surface area contributed by atoms with Crippen LogP contribution in [0.5, 0.6) is 0 Å². The molecular formula is C14H28N4O6. The summed E-state index contributed by atoms with van der Waals surface area (Å²) in [6, 6.07) is 0. The Balaban J connectivity index is 4.31. The van der Waals surface area contributed by atoms with Crippen molar-refractivity contribution in [2.45, 2.75) is 19.3 Å². The number of carboxylic acid groups (broad SMARTS) is 3. The normalized spacial score (nSPS) is 11.4. The van der Waals surface area contributed by atoms with Gasteiger partial charge in [0.1, 0.15) is 0 Å². The third kappa shape index (κ3) is 11.8. The summed E-state index contributed by atoms with van der Waals surface area (Å²) in [4.78, 5) is 33.0. The average molecular weight is 348 g/mol. The van der Waals surface area contributed by atoms with Gasteiger partial charge in [0.05, 0.1) is 19.3 Å². The molecule has 0 rings (SSSR count). The lowest BCUT2D eigenvalue weighted by atomic mass is 9.78. The Morgan fingerprint density at radius 2 is 1.08 bits per heavy atom. The number of aliphatic carboxylic acids is 3. The van der Waals surface area contributed by atoms with Crippen LogP contribution in [0.1, 0.15) is 19.3 Å². The van der Waals surface area contributed by atoms with E-state index < -0.39 is 42.6 Å². The Kier molecular flexibility index (Phi) is 11.7. The standard InChI is InChI=1S/C14H28N4O6/c15-1-2-16-3-4-17-5-6-18-10-14(7-11(19)20,8-12(21)22)9-13(23)24/h16-18H,1-10,15H2,(H,19,20)(H,21,22)(H,23,24). The lowest BCUT2D eigenvalue weighted by Crippen LogP contribution is -2.42. The van der Waals surface area contributed by atoms with Crippen molar-refractivity contribution in [3.05, 3.63) is 0 Å². The second-order valence-electron chi connectivity index (χ2n) is 5.68. The minimum absolute atomic E-state index is 0.00496. The van der Waals surface area contributed by atoms with E-state index in [0.717, 1.165) is 19.6 Å². The molecule has 0 unspecified atom stereocenters. The zero-order valence-corrected chi connectivity index (χ0v) is 13.7. The lowest BCUT2D eigenvalue weighted by molar-refractivity contribution is -0.147. The van der Waals surface area contributed by atoms with Crippen molar-refractivity contribution in [2.24, 2.45) is 11.1 Å². The van der Waals surface area contributed by atoms with E-state index in [1.165, 1.54) is 0 Å². The van der Waals surface area contributed by atoms with Gasteiger partial charge >= 0.3 is 17.9 Å². The molecule has 0 aromatic heterocycles. The van der Waals surface area contributed by atoms with Crippen LogP contribution < -0.4 is 21.7 Å².